The van der Waals surface area contributed by atoms with Crippen molar-refractivity contribution in [1.29, 1.82) is 0 Å². The van der Waals surface area contributed by atoms with Crippen LogP contribution >= 0.6 is 0 Å². The highest BCUT2D eigenvalue weighted by Gasteiger charge is 2.48. The number of fused-ring (bicyclic) bond motifs is 2. The van der Waals surface area contributed by atoms with Crippen LogP contribution in [0, 0.1) is 5.92 Å². The molecule has 3 heterocycles. The van der Waals surface area contributed by atoms with Crippen LogP contribution in [0.5, 0.6) is 0 Å². The van der Waals surface area contributed by atoms with Crippen molar-refractivity contribution < 1.29 is 18.0 Å². The summed E-state index contributed by atoms with van der Waals surface area (Å²) in [6.45, 7) is -0.669. The lowest BCUT2D eigenvalue weighted by molar-refractivity contribution is -0.122. The maximum atomic E-state index is 12.3. The van der Waals surface area contributed by atoms with Crippen molar-refractivity contribution in [2.45, 2.75) is 31.1 Å². The van der Waals surface area contributed by atoms with E-state index < -0.39 is 18.8 Å². The molecule has 4 rings (SSSR count). The maximum absolute atomic E-state index is 12.3. The van der Waals surface area contributed by atoms with Gasteiger partial charge in [-0.15, -0.1) is 0 Å². The number of piperidine rings is 1. The second-order valence-electron chi connectivity index (χ2n) is 7.29. The van der Waals surface area contributed by atoms with Crippen molar-refractivity contribution in [2.24, 2.45) is 13.0 Å². The minimum absolute atomic E-state index is 0.0159. The summed E-state index contributed by atoms with van der Waals surface area (Å²) in [4.78, 5) is 22.7. The molecule has 0 radical (unpaired) electrons. The SMILES string of the molecule is Cn1cc(Nc2nccc(N3CC4CCC3[C@@H]4NC(=O)NCC(F)(F)F)n2)cn1. The Kier molecular flexibility index (Phi) is 4.92. The molecule has 2 bridgehead atoms. The summed E-state index contributed by atoms with van der Waals surface area (Å²) in [6, 6.07) is 0.758. The number of carbonyl (C=O) groups is 1. The van der Waals surface area contributed by atoms with E-state index >= 15 is 0 Å². The molecular weight excluding hydrogens is 389 g/mol. The van der Waals surface area contributed by atoms with Gasteiger partial charge < -0.3 is 20.9 Å². The second kappa shape index (κ2) is 7.41. The third-order valence-corrected chi connectivity index (χ3v) is 5.23. The number of nitrogens with zero attached hydrogens (tertiary/aromatic N) is 5. The minimum Gasteiger partial charge on any atom is -0.351 e. The zero-order valence-corrected chi connectivity index (χ0v) is 15.6. The minimum atomic E-state index is -4.43. The number of halogens is 3. The van der Waals surface area contributed by atoms with Gasteiger partial charge in [0.1, 0.15) is 12.4 Å². The summed E-state index contributed by atoms with van der Waals surface area (Å²) in [5, 5.41) is 11.8. The number of hydrogen-bond donors (Lipinski definition) is 3. The predicted molar refractivity (Wildman–Crippen MR) is 98.8 cm³/mol. The molecule has 2 aromatic heterocycles. The van der Waals surface area contributed by atoms with Crippen LogP contribution in [-0.2, 0) is 7.05 Å². The van der Waals surface area contributed by atoms with E-state index in [-0.39, 0.29) is 18.0 Å². The Labute approximate surface area is 164 Å². The molecule has 2 aliphatic rings. The van der Waals surface area contributed by atoms with Crippen molar-refractivity contribution in [3.63, 3.8) is 0 Å². The molecule has 0 spiro atoms. The topological polar surface area (TPSA) is 100 Å². The average molecular weight is 410 g/mol. The first-order valence-corrected chi connectivity index (χ1v) is 9.25. The van der Waals surface area contributed by atoms with Gasteiger partial charge in [-0.1, -0.05) is 0 Å². The summed E-state index contributed by atoms with van der Waals surface area (Å²) in [5.74, 6) is 1.30. The lowest BCUT2D eigenvalue weighted by Crippen LogP contribution is -2.49. The fourth-order valence-electron chi connectivity index (χ4n) is 4.05. The molecule has 12 heteroatoms. The molecule has 1 aliphatic carbocycles. The third kappa shape index (κ3) is 4.35. The lowest BCUT2D eigenvalue weighted by Gasteiger charge is -2.28. The van der Waals surface area contributed by atoms with Gasteiger partial charge >= 0.3 is 12.2 Å². The van der Waals surface area contributed by atoms with Gasteiger partial charge in [-0.3, -0.25) is 4.68 Å². The number of hydrogen-bond acceptors (Lipinski definition) is 6. The van der Waals surface area contributed by atoms with Crippen molar-refractivity contribution in [3.05, 3.63) is 24.7 Å². The van der Waals surface area contributed by atoms with Crippen LogP contribution in [-0.4, -0.2) is 57.1 Å². The van der Waals surface area contributed by atoms with Gasteiger partial charge in [0, 0.05) is 26.0 Å². The van der Waals surface area contributed by atoms with E-state index in [1.807, 2.05) is 5.32 Å². The highest BCUT2D eigenvalue weighted by Crippen LogP contribution is 2.40. The van der Waals surface area contributed by atoms with Gasteiger partial charge in [-0.05, 0) is 24.8 Å². The summed E-state index contributed by atoms with van der Waals surface area (Å²) >= 11 is 0. The number of urea groups is 1. The smallest absolute Gasteiger partial charge is 0.351 e. The highest BCUT2D eigenvalue weighted by molar-refractivity contribution is 5.74. The number of amides is 2. The molecule has 2 aromatic rings. The lowest BCUT2D eigenvalue weighted by atomic mass is 10.1. The Morgan fingerprint density at radius 1 is 1.34 bits per heavy atom. The maximum Gasteiger partial charge on any atom is 0.405 e. The fraction of sp³-hybridized carbons (Fsp3) is 0.529. The highest BCUT2D eigenvalue weighted by atomic mass is 19.4. The first-order valence-electron chi connectivity index (χ1n) is 9.25. The number of rotatable bonds is 5. The number of carbonyl (C=O) groups excluding carboxylic acids is 1. The molecule has 1 saturated carbocycles. The number of alkyl halides is 3. The van der Waals surface area contributed by atoms with Crippen molar-refractivity contribution in [2.75, 3.05) is 23.3 Å². The van der Waals surface area contributed by atoms with E-state index in [1.54, 1.807) is 36.4 Å². The quantitative estimate of drug-likeness (QED) is 0.695. The number of aryl methyl sites for hydroxylation is 1. The number of anilines is 3. The van der Waals surface area contributed by atoms with Crippen LogP contribution in [0.25, 0.3) is 0 Å². The number of aromatic nitrogens is 4. The van der Waals surface area contributed by atoms with Crippen LogP contribution in [0.3, 0.4) is 0 Å². The van der Waals surface area contributed by atoms with E-state index in [1.165, 1.54) is 0 Å². The molecule has 1 saturated heterocycles. The van der Waals surface area contributed by atoms with Crippen LogP contribution in [0.1, 0.15) is 12.8 Å². The van der Waals surface area contributed by atoms with E-state index in [9.17, 15) is 18.0 Å². The van der Waals surface area contributed by atoms with Gasteiger partial charge in [0.2, 0.25) is 5.95 Å². The van der Waals surface area contributed by atoms with Crippen molar-refractivity contribution >= 4 is 23.5 Å². The van der Waals surface area contributed by atoms with Gasteiger partial charge in [0.15, 0.2) is 0 Å². The van der Waals surface area contributed by atoms with Crippen molar-refractivity contribution in [3.8, 4) is 0 Å². The average Bonchev–Trinajstić information content (AvgIpc) is 3.34. The largest absolute Gasteiger partial charge is 0.405 e. The van der Waals surface area contributed by atoms with Gasteiger partial charge in [0.05, 0.1) is 24.0 Å². The standard InChI is InChI=1S/C17H21F3N8O/c1-27-8-11(6-23-27)24-15-21-5-4-13(25-15)28-7-10-2-3-12(28)14(10)26-16(29)22-9-17(18,19)20/h4-6,8,10,12,14H,2-3,7,9H2,1H3,(H,21,24,25)(H2,22,26,29)/t10?,12?,14-/m1/s1. The normalized spacial score (nSPS) is 23.3. The Balaban J connectivity index is 1.41. The third-order valence-electron chi connectivity index (χ3n) is 5.23. The predicted octanol–water partition coefficient (Wildman–Crippen LogP) is 1.78. The van der Waals surface area contributed by atoms with Crippen LogP contribution < -0.4 is 20.9 Å². The van der Waals surface area contributed by atoms with Gasteiger partial charge in [-0.2, -0.15) is 23.3 Å². The first-order chi connectivity index (χ1) is 13.8. The molecule has 156 valence electrons. The monoisotopic (exact) mass is 410 g/mol. The Morgan fingerprint density at radius 2 is 2.17 bits per heavy atom. The Hall–Kier alpha value is -3.05. The fourth-order valence-corrected chi connectivity index (χ4v) is 4.05. The zero-order valence-electron chi connectivity index (χ0n) is 15.6. The Bertz CT molecular complexity index is 886. The molecule has 2 fully saturated rings. The molecule has 3 atom stereocenters. The van der Waals surface area contributed by atoms with E-state index in [0.29, 0.717) is 18.3 Å². The molecular formula is C17H21F3N8O. The molecule has 2 amide bonds. The molecule has 1 aliphatic heterocycles. The molecule has 29 heavy (non-hydrogen) atoms. The van der Waals surface area contributed by atoms with E-state index in [4.69, 9.17) is 0 Å². The van der Waals surface area contributed by atoms with Gasteiger partial charge in [0.25, 0.3) is 0 Å². The van der Waals surface area contributed by atoms with E-state index in [2.05, 4.69) is 30.6 Å². The summed E-state index contributed by atoms with van der Waals surface area (Å²) in [5.41, 5.74) is 0.758. The molecule has 0 aromatic carbocycles. The number of nitrogens with one attached hydrogen (secondary N) is 3. The van der Waals surface area contributed by atoms with Crippen molar-refractivity contribution in [1.82, 2.24) is 30.4 Å². The van der Waals surface area contributed by atoms with Crippen LogP contribution in [0.15, 0.2) is 24.7 Å². The van der Waals surface area contributed by atoms with E-state index in [0.717, 1.165) is 18.5 Å². The summed E-state index contributed by atoms with van der Waals surface area (Å²) in [6.07, 6.45) is 2.42. The molecule has 3 N–H and O–H groups in total. The van der Waals surface area contributed by atoms with Crippen LogP contribution in [0.4, 0.5) is 35.4 Å². The first kappa shape index (κ1) is 19.3. The zero-order chi connectivity index (χ0) is 20.6. The van der Waals surface area contributed by atoms with Gasteiger partial charge in [-0.25, -0.2) is 9.78 Å². The van der Waals surface area contributed by atoms with Crippen LogP contribution in [0.2, 0.25) is 0 Å². The second-order valence-corrected chi connectivity index (χ2v) is 7.29. The summed E-state index contributed by atoms with van der Waals surface area (Å²) < 4.78 is 38.6. The summed E-state index contributed by atoms with van der Waals surface area (Å²) in [7, 11) is 1.81. The molecule has 9 nitrogen and oxygen atoms in total. The Morgan fingerprint density at radius 3 is 2.90 bits per heavy atom. The molecule has 2 unspecified atom stereocenters.